The molecular formula is C31H35N3O2. The first-order valence-corrected chi connectivity index (χ1v) is 13.2. The number of imidazole rings is 1. The van der Waals surface area contributed by atoms with Crippen LogP contribution in [0.25, 0.3) is 22.2 Å². The molecule has 0 atom stereocenters. The highest BCUT2D eigenvalue weighted by Gasteiger charge is 2.18. The fourth-order valence-corrected chi connectivity index (χ4v) is 5.22. The van der Waals surface area contributed by atoms with E-state index in [0.29, 0.717) is 5.56 Å². The van der Waals surface area contributed by atoms with Crippen molar-refractivity contribution in [3.05, 3.63) is 83.7 Å². The molecule has 1 aromatic heterocycles. The molecule has 0 bridgehead atoms. The highest BCUT2D eigenvalue weighted by atomic mass is 16.4. The van der Waals surface area contributed by atoms with E-state index in [1.165, 1.54) is 29.6 Å². The Morgan fingerprint density at radius 1 is 1.03 bits per heavy atom. The number of benzene rings is 3. The van der Waals surface area contributed by atoms with Crippen molar-refractivity contribution in [3.8, 4) is 11.1 Å². The second-order valence-electron chi connectivity index (χ2n) is 10.1. The van der Waals surface area contributed by atoms with Crippen LogP contribution in [0.15, 0.2) is 66.7 Å². The monoisotopic (exact) mass is 481 g/mol. The molecule has 0 spiro atoms. The Kier molecular flexibility index (Phi) is 7.08. The molecule has 3 aromatic carbocycles. The number of aryl methyl sites for hydroxylation is 1. The van der Waals surface area contributed by atoms with Crippen LogP contribution in [0.2, 0.25) is 0 Å². The summed E-state index contributed by atoms with van der Waals surface area (Å²) in [6.45, 7) is 7.54. The van der Waals surface area contributed by atoms with Gasteiger partial charge >= 0.3 is 5.97 Å². The van der Waals surface area contributed by atoms with E-state index in [4.69, 9.17) is 4.98 Å². The van der Waals surface area contributed by atoms with Gasteiger partial charge in [0.25, 0.3) is 0 Å². The summed E-state index contributed by atoms with van der Waals surface area (Å²) >= 11 is 0. The van der Waals surface area contributed by atoms with E-state index in [1.54, 1.807) is 12.1 Å². The standard InChI is InChI=1S/C31H35N3O2/c1-3-4-9-30-32-28-15-14-25(33-18-16-22(2)17-19-33)20-29(28)34(30)21-23-10-12-24(13-11-23)26-7-5-6-8-27(26)31(35)36/h5-8,10-15,20,22H,3-4,9,16-19,21H2,1-2H3,(H,35,36). The largest absolute Gasteiger partial charge is 0.478 e. The zero-order valence-corrected chi connectivity index (χ0v) is 21.3. The van der Waals surface area contributed by atoms with Gasteiger partial charge in [0, 0.05) is 31.7 Å². The van der Waals surface area contributed by atoms with E-state index < -0.39 is 5.97 Å². The van der Waals surface area contributed by atoms with Crippen LogP contribution in [0.3, 0.4) is 0 Å². The summed E-state index contributed by atoms with van der Waals surface area (Å²) in [7, 11) is 0. The summed E-state index contributed by atoms with van der Waals surface area (Å²) in [5, 5.41) is 9.57. The highest BCUT2D eigenvalue weighted by Crippen LogP contribution is 2.29. The third-order valence-electron chi connectivity index (χ3n) is 7.48. The first kappa shape index (κ1) is 24.1. The lowest BCUT2D eigenvalue weighted by atomic mass is 9.98. The van der Waals surface area contributed by atoms with Crippen molar-refractivity contribution in [3.63, 3.8) is 0 Å². The summed E-state index contributed by atoms with van der Waals surface area (Å²) < 4.78 is 2.38. The first-order valence-electron chi connectivity index (χ1n) is 13.2. The minimum Gasteiger partial charge on any atom is -0.478 e. The number of piperidine rings is 1. The molecule has 0 saturated carbocycles. The predicted molar refractivity (Wildman–Crippen MR) is 147 cm³/mol. The van der Waals surface area contributed by atoms with Crippen molar-refractivity contribution < 1.29 is 9.90 Å². The summed E-state index contributed by atoms with van der Waals surface area (Å²) in [6, 6.07) is 22.2. The molecule has 0 amide bonds. The number of hydrogen-bond donors (Lipinski definition) is 1. The lowest BCUT2D eigenvalue weighted by Gasteiger charge is -2.32. The van der Waals surface area contributed by atoms with E-state index in [0.717, 1.165) is 67.3 Å². The number of carboxylic acid groups (broad SMARTS) is 1. The van der Waals surface area contributed by atoms with Crippen molar-refractivity contribution in [2.24, 2.45) is 5.92 Å². The number of anilines is 1. The van der Waals surface area contributed by atoms with Gasteiger partial charge in [-0.15, -0.1) is 0 Å². The average Bonchev–Trinajstić information content (AvgIpc) is 3.24. The van der Waals surface area contributed by atoms with Gasteiger partial charge in [-0.1, -0.05) is 62.7 Å². The topological polar surface area (TPSA) is 58.4 Å². The average molecular weight is 482 g/mol. The molecule has 1 N–H and O–H groups in total. The normalized spacial score (nSPS) is 14.4. The van der Waals surface area contributed by atoms with Crippen molar-refractivity contribution >= 4 is 22.7 Å². The molecule has 186 valence electrons. The Labute approximate surface area is 213 Å². The maximum atomic E-state index is 11.7. The molecule has 1 aliphatic heterocycles. The van der Waals surface area contributed by atoms with Gasteiger partial charge in [0.15, 0.2) is 0 Å². The zero-order chi connectivity index (χ0) is 25.1. The third-order valence-corrected chi connectivity index (χ3v) is 7.48. The number of hydrogen-bond acceptors (Lipinski definition) is 3. The summed E-state index contributed by atoms with van der Waals surface area (Å²) in [5.41, 5.74) is 6.71. The van der Waals surface area contributed by atoms with E-state index in [1.807, 2.05) is 24.3 Å². The summed E-state index contributed by atoms with van der Waals surface area (Å²) in [5.74, 6) is 1.04. The molecular weight excluding hydrogens is 446 g/mol. The molecule has 0 aliphatic carbocycles. The number of carbonyl (C=O) groups is 1. The molecule has 0 unspecified atom stereocenters. The molecule has 5 heteroatoms. The van der Waals surface area contributed by atoms with Crippen LogP contribution in [-0.2, 0) is 13.0 Å². The number of aromatic carboxylic acids is 1. The third kappa shape index (κ3) is 5.01. The second-order valence-corrected chi connectivity index (χ2v) is 10.1. The smallest absolute Gasteiger partial charge is 0.336 e. The van der Waals surface area contributed by atoms with Gasteiger partial charge in [-0.3, -0.25) is 0 Å². The Bertz CT molecular complexity index is 1350. The summed E-state index contributed by atoms with van der Waals surface area (Å²) in [6.07, 6.45) is 5.71. The molecule has 36 heavy (non-hydrogen) atoms. The maximum absolute atomic E-state index is 11.7. The minimum atomic E-state index is -0.904. The van der Waals surface area contributed by atoms with Gasteiger partial charge in [-0.2, -0.15) is 0 Å². The van der Waals surface area contributed by atoms with Crippen LogP contribution in [0.4, 0.5) is 5.69 Å². The highest BCUT2D eigenvalue weighted by molar-refractivity contribution is 5.96. The van der Waals surface area contributed by atoms with E-state index >= 15 is 0 Å². The fraction of sp³-hybridized carbons (Fsp3) is 0.355. The number of carboxylic acids is 1. The van der Waals surface area contributed by atoms with Crippen molar-refractivity contribution in [1.29, 1.82) is 0 Å². The molecule has 5 nitrogen and oxygen atoms in total. The van der Waals surface area contributed by atoms with Gasteiger partial charge in [-0.05, 0) is 66.1 Å². The molecule has 5 rings (SSSR count). The quantitative estimate of drug-likeness (QED) is 0.293. The van der Waals surface area contributed by atoms with Gasteiger partial charge in [0.05, 0.1) is 16.6 Å². The Hall–Kier alpha value is -3.60. The van der Waals surface area contributed by atoms with Gasteiger partial charge in [0.2, 0.25) is 0 Å². The molecule has 0 radical (unpaired) electrons. The van der Waals surface area contributed by atoms with Crippen molar-refractivity contribution in [2.75, 3.05) is 18.0 Å². The molecule has 1 fully saturated rings. The van der Waals surface area contributed by atoms with Crippen molar-refractivity contribution in [1.82, 2.24) is 9.55 Å². The minimum absolute atomic E-state index is 0.326. The number of fused-ring (bicyclic) bond motifs is 1. The zero-order valence-electron chi connectivity index (χ0n) is 21.3. The number of aromatic nitrogens is 2. The lowest BCUT2D eigenvalue weighted by molar-refractivity contribution is 0.0697. The molecule has 1 saturated heterocycles. The van der Waals surface area contributed by atoms with E-state index in [9.17, 15) is 9.90 Å². The Morgan fingerprint density at radius 3 is 2.50 bits per heavy atom. The number of unbranched alkanes of at least 4 members (excludes halogenated alkanes) is 1. The number of rotatable bonds is 8. The van der Waals surface area contributed by atoms with Crippen LogP contribution >= 0.6 is 0 Å². The Morgan fingerprint density at radius 2 is 1.78 bits per heavy atom. The maximum Gasteiger partial charge on any atom is 0.336 e. The van der Waals surface area contributed by atoms with Crippen LogP contribution in [0.5, 0.6) is 0 Å². The second kappa shape index (κ2) is 10.6. The van der Waals surface area contributed by atoms with Crippen LogP contribution in [-0.4, -0.2) is 33.7 Å². The van der Waals surface area contributed by atoms with Gasteiger partial charge < -0.3 is 14.6 Å². The molecule has 4 aromatic rings. The number of nitrogens with zero attached hydrogens (tertiary/aromatic N) is 3. The van der Waals surface area contributed by atoms with Gasteiger partial charge in [-0.25, -0.2) is 9.78 Å². The summed E-state index contributed by atoms with van der Waals surface area (Å²) in [4.78, 5) is 19.2. The molecule has 2 heterocycles. The van der Waals surface area contributed by atoms with E-state index in [-0.39, 0.29) is 0 Å². The van der Waals surface area contributed by atoms with Gasteiger partial charge in [0.1, 0.15) is 5.82 Å². The van der Waals surface area contributed by atoms with E-state index in [2.05, 4.69) is 53.6 Å². The SMILES string of the molecule is CCCCc1nc2ccc(N3CCC(C)CC3)cc2n1Cc1ccc(-c2ccccc2C(=O)O)cc1. The fourth-order valence-electron chi connectivity index (χ4n) is 5.22. The molecule has 1 aliphatic rings. The first-order chi connectivity index (χ1) is 17.5. The predicted octanol–water partition coefficient (Wildman–Crippen LogP) is 7.03. The Balaban J connectivity index is 1.46. The van der Waals surface area contributed by atoms with Crippen LogP contribution in [0, 0.1) is 5.92 Å². The van der Waals surface area contributed by atoms with Crippen molar-refractivity contribution in [2.45, 2.75) is 52.5 Å². The lowest BCUT2D eigenvalue weighted by Crippen LogP contribution is -2.32. The van der Waals surface area contributed by atoms with Crippen LogP contribution < -0.4 is 4.90 Å². The van der Waals surface area contributed by atoms with Crippen LogP contribution in [0.1, 0.15) is 61.3 Å².